The molecule has 0 saturated carbocycles. The van der Waals surface area contributed by atoms with Crippen molar-refractivity contribution in [2.75, 3.05) is 13.1 Å². The minimum Gasteiger partial charge on any atom is -0.481 e. The molecule has 1 saturated heterocycles. The fraction of sp³-hybridized carbons (Fsp3) is 0.250. The number of carbonyl (C=O) groups excluding carboxylic acids is 3. The van der Waals surface area contributed by atoms with Gasteiger partial charge < -0.3 is 10.4 Å². The fourth-order valence-corrected chi connectivity index (χ4v) is 4.03. The van der Waals surface area contributed by atoms with Gasteiger partial charge in [-0.15, -0.1) is 0 Å². The molecule has 0 aliphatic carbocycles. The van der Waals surface area contributed by atoms with Crippen LogP contribution in [0.4, 0.5) is 4.79 Å². The van der Waals surface area contributed by atoms with Crippen LogP contribution < -0.4 is 5.32 Å². The highest BCUT2D eigenvalue weighted by molar-refractivity contribution is 8.18. The topological polar surface area (TPSA) is 104 Å². The summed E-state index contributed by atoms with van der Waals surface area (Å²) in [7, 11) is 0. The number of aliphatic carboxylic acids is 1. The first kappa shape index (κ1) is 23.3. The maximum absolute atomic E-state index is 12.6. The van der Waals surface area contributed by atoms with Crippen LogP contribution in [0.2, 0.25) is 0 Å². The summed E-state index contributed by atoms with van der Waals surface area (Å²) in [6.45, 7) is 0.0440. The molecule has 2 aromatic carbocycles. The zero-order chi connectivity index (χ0) is 22.9. The third-order valence-electron chi connectivity index (χ3n) is 4.88. The number of imide groups is 1. The normalized spacial score (nSPS) is 14.8. The second-order valence-corrected chi connectivity index (χ2v) is 8.30. The molecule has 0 aromatic heterocycles. The second kappa shape index (κ2) is 11.3. The highest BCUT2D eigenvalue weighted by Gasteiger charge is 2.36. The van der Waals surface area contributed by atoms with Crippen LogP contribution in [-0.2, 0) is 14.4 Å². The van der Waals surface area contributed by atoms with Crippen LogP contribution in [0.5, 0.6) is 0 Å². The lowest BCUT2D eigenvalue weighted by atomic mass is 10.0. The van der Waals surface area contributed by atoms with E-state index in [1.165, 1.54) is 0 Å². The largest absolute Gasteiger partial charge is 0.481 e. The molecule has 2 aromatic rings. The van der Waals surface area contributed by atoms with E-state index in [4.69, 9.17) is 5.11 Å². The van der Waals surface area contributed by atoms with Gasteiger partial charge in [-0.3, -0.25) is 24.1 Å². The van der Waals surface area contributed by atoms with Gasteiger partial charge in [0.2, 0.25) is 5.91 Å². The van der Waals surface area contributed by atoms with E-state index in [2.05, 4.69) is 5.32 Å². The van der Waals surface area contributed by atoms with E-state index in [0.717, 1.165) is 33.4 Å². The number of carboxylic acids is 1. The summed E-state index contributed by atoms with van der Waals surface area (Å²) < 4.78 is 0. The number of carbonyl (C=O) groups is 4. The van der Waals surface area contributed by atoms with Crippen LogP contribution >= 0.6 is 11.8 Å². The zero-order valence-electron chi connectivity index (χ0n) is 17.5. The van der Waals surface area contributed by atoms with Crippen LogP contribution in [0.3, 0.4) is 0 Å². The van der Waals surface area contributed by atoms with Crippen LogP contribution in [0.15, 0.2) is 59.5 Å². The molecular weight excluding hydrogens is 428 g/mol. The molecule has 3 amide bonds. The molecule has 0 bridgehead atoms. The summed E-state index contributed by atoms with van der Waals surface area (Å²) in [5, 5.41) is 10.8. The number of nitrogens with one attached hydrogen (secondary N) is 1. The Kier molecular flexibility index (Phi) is 8.21. The third kappa shape index (κ3) is 6.55. The number of rotatable bonds is 10. The van der Waals surface area contributed by atoms with Crippen molar-refractivity contribution in [3.8, 4) is 11.1 Å². The van der Waals surface area contributed by atoms with Gasteiger partial charge in [-0.05, 0) is 47.4 Å². The monoisotopic (exact) mass is 452 g/mol. The van der Waals surface area contributed by atoms with Crippen molar-refractivity contribution in [3.05, 3.63) is 65.1 Å². The summed E-state index contributed by atoms with van der Waals surface area (Å²) in [4.78, 5) is 48.6. The van der Waals surface area contributed by atoms with E-state index < -0.39 is 23.0 Å². The standard InChI is InChI=1S/C24H24N2O5S/c27-21(25-14-6-2-5-9-22(28)29)16-26-23(30)20(32-24(26)31)15-17-10-12-19(13-11-17)18-7-3-1-4-8-18/h1,3-4,7-8,10-13,15H,2,5-6,9,14,16H2,(H,25,27)(H,28,29)/b20-15-. The van der Waals surface area contributed by atoms with Crippen molar-refractivity contribution in [1.29, 1.82) is 0 Å². The Morgan fingerprint density at radius 3 is 2.31 bits per heavy atom. The van der Waals surface area contributed by atoms with E-state index in [1.54, 1.807) is 6.08 Å². The zero-order valence-corrected chi connectivity index (χ0v) is 18.3. The van der Waals surface area contributed by atoms with Crippen molar-refractivity contribution in [1.82, 2.24) is 10.2 Å². The maximum atomic E-state index is 12.6. The van der Waals surface area contributed by atoms with E-state index >= 15 is 0 Å². The minimum absolute atomic E-state index is 0.103. The van der Waals surface area contributed by atoms with Crippen LogP contribution in [0.25, 0.3) is 17.2 Å². The summed E-state index contributed by atoms with van der Waals surface area (Å²) in [6.07, 6.45) is 3.62. The molecule has 0 atom stereocenters. The molecule has 1 fully saturated rings. The number of hydrogen-bond acceptors (Lipinski definition) is 5. The predicted molar refractivity (Wildman–Crippen MR) is 124 cm³/mol. The summed E-state index contributed by atoms with van der Waals surface area (Å²) >= 11 is 0.820. The van der Waals surface area contributed by atoms with E-state index in [9.17, 15) is 19.2 Å². The first-order valence-corrected chi connectivity index (χ1v) is 11.1. The number of unbranched alkanes of at least 4 members (excludes halogenated alkanes) is 2. The molecule has 0 spiro atoms. The molecule has 3 rings (SSSR count). The van der Waals surface area contributed by atoms with Gasteiger partial charge in [0, 0.05) is 13.0 Å². The van der Waals surface area contributed by atoms with Crippen LogP contribution in [0, 0.1) is 0 Å². The Morgan fingerprint density at radius 1 is 0.938 bits per heavy atom. The molecular formula is C24H24N2O5S. The second-order valence-electron chi connectivity index (χ2n) is 7.31. The van der Waals surface area contributed by atoms with Crippen molar-refractivity contribution in [2.45, 2.75) is 25.7 Å². The maximum Gasteiger partial charge on any atom is 0.303 e. The van der Waals surface area contributed by atoms with E-state index in [1.807, 2.05) is 54.6 Å². The molecule has 2 N–H and O–H groups in total. The van der Waals surface area contributed by atoms with Gasteiger partial charge in [0.25, 0.3) is 11.1 Å². The Balaban J connectivity index is 1.52. The van der Waals surface area contributed by atoms with Crippen LogP contribution in [-0.4, -0.2) is 46.1 Å². The average molecular weight is 453 g/mol. The predicted octanol–water partition coefficient (Wildman–Crippen LogP) is 4.15. The summed E-state index contributed by atoms with van der Waals surface area (Å²) in [6, 6.07) is 17.6. The average Bonchev–Trinajstić information content (AvgIpc) is 3.04. The molecule has 1 heterocycles. The lowest BCUT2D eigenvalue weighted by Crippen LogP contribution is -2.39. The Morgan fingerprint density at radius 2 is 1.62 bits per heavy atom. The number of nitrogens with zero attached hydrogens (tertiary/aromatic N) is 1. The first-order chi connectivity index (χ1) is 15.4. The Bertz CT molecular complexity index is 1020. The van der Waals surface area contributed by atoms with Crippen molar-refractivity contribution in [3.63, 3.8) is 0 Å². The number of carboxylic acid groups (broad SMARTS) is 1. The summed E-state index contributed by atoms with van der Waals surface area (Å²) in [5.41, 5.74) is 2.93. The lowest BCUT2D eigenvalue weighted by molar-refractivity contribution is -0.137. The van der Waals surface area contributed by atoms with Gasteiger partial charge in [-0.25, -0.2) is 0 Å². The van der Waals surface area contributed by atoms with Crippen molar-refractivity contribution < 1.29 is 24.3 Å². The number of hydrogen-bond donors (Lipinski definition) is 2. The third-order valence-corrected chi connectivity index (χ3v) is 5.79. The fourth-order valence-electron chi connectivity index (χ4n) is 3.20. The van der Waals surface area contributed by atoms with Gasteiger partial charge in [0.1, 0.15) is 6.54 Å². The van der Waals surface area contributed by atoms with Gasteiger partial charge in [-0.1, -0.05) is 61.0 Å². The van der Waals surface area contributed by atoms with Crippen molar-refractivity contribution >= 4 is 40.9 Å². The highest BCUT2D eigenvalue weighted by Crippen LogP contribution is 2.32. The number of benzene rings is 2. The smallest absolute Gasteiger partial charge is 0.303 e. The quantitative estimate of drug-likeness (QED) is 0.415. The Labute approximate surface area is 190 Å². The molecule has 32 heavy (non-hydrogen) atoms. The minimum atomic E-state index is -0.839. The van der Waals surface area contributed by atoms with E-state index in [-0.39, 0.29) is 17.9 Å². The molecule has 0 unspecified atom stereocenters. The van der Waals surface area contributed by atoms with Gasteiger partial charge in [-0.2, -0.15) is 0 Å². The van der Waals surface area contributed by atoms with Crippen LogP contribution in [0.1, 0.15) is 31.2 Å². The van der Waals surface area contributed by atoms with Gasteiger partial charge >= 0.3 is 5.97 Å². The number of thioether (sulfide) groups is 1. The molecule has 0 radical (unpaired) electrons. The number of amides is 3. The van der Waals surface area contributed by atoms with E-state index in [0.29, 0.717) is 25.8 Å². The lowest BCUT2D eigenvalue weighted by Gasteiger charge is -2.12. The van der Waals surface area contributed by atoms with Gasteiger partial charge in [0.05, 0.1) is 4.91 Å². The van der Waals surface area contributed by atoms with Crippen molar-refractivity contribution in [2.24, 2.45) is 0 Å². The first-order valence-electron chi connectivity index (χ1n) is 10.3. The molecule has 7 nitrogen and oxygen atoms in total. The molecule has 166 valence electrons. The molecule has 1 aliphatic rings. The SMILES string of the molecule is O=C(O)CCCCCNC(=O)CN1C(=O)S/C(=C\c2ccc(-c3ccccc3)cc2)C1=O. The molecule has 8 heteroatoms. The Hall–Kier alpha value is -3.39. The summed E-state index contributed by atoms with van der Waals surface area (Å²) in [5.74, 6) is -1.74. The van der Waals surface area contributed by atoms with Gasteiger partial charge in [0.15, 0.2) is 0 Å². The highest BCUT2D eigenvalue weighted by atomic mass is 32.2. The molecule has 1 aliphatic heterocycles.